The van der Waals surface area contributed by atoms with E-state index in [0.29, 0.717) is 59.1 Å². The highest BCUT2D eigenvalue weighted by molar-refractivity contribution is 7.92. The maximum Gasteiger partial charge on any atom is 0.411 e. The number of hydrogen-bond donors (Lipinski definition) is 3. The predicted octanol–water partition coefficient (Wildman–Crippen LogP) is 4.69. The second-order valence-corrected chi connectivity index (χ2v) is 13.6. The molecule has 2 atom stereocenters. The molecule has 0 radical (unpaired) electrons. The van der Waals surface area contributed by atoms with Crippen molar-refractivity contribution in [1.82, 2.24) is 4.90 Å². The van der Waals surface area contributed by atoms with Crippen LogP contribution in [0.5, 0.6) is 17.2 Å². The Bertz CT molecular complexity index is 1760. The summed E-state index contributed by atoms with van der Waals surface area (Å²) in [6, 6.07) is 12.5. The van der Waals surface area contributed by atoms with E-state index in [1.54, 1.807) is 49.1 Å². The molecule has 13 nitrogen and oxygen atoms in total. The fraction of sp³-hybridized carbons (Fsp3) is 0.364. The molecule has 0 spiro atoms. The fourth-order valence-corrected chi connectivity index (χ4v) is 6.81. The Kier molecular flexibility index (Phi) is 10.9. The van der Waals surface area contributed by atoms with Gasteiger partial charge in [-0.25, -0.2) is 13.2 Å². The van der Waals surface area contributed by atoms with Gasteiger partial charge in [-0.1, -0.05) is 6.07 Å². The summed E-state index contributed by atoms with van der Waals surface area (Å²) < 4.78 is 48.1. The summed E-state index contributed by atoms with van der Waals surface area (Å²) in [5.74, 6) is 0.136. The second kappa shape index (κ2) is 14.6. The summed E-state index contributed by atoms with van der Waals surface area (Å²) in [7, 11) is 1.86. The van der Waals surface area contributed by atoms with E-state index < -0.39 is 39.2 Å². The second-order valence-electron chi connectivity index (χ2n) is 11.2. The third-order valence-corrected chi connectivity index (χ3v) is 10.2. The molecule has 3 aromatic rings. The molecule has 0 aromatic heterocycles. The molecule has 14 heteroatoms. The van der Waals surface area contributed by atoms with Gasteiger partial charge in [-0.2, -0.15) is 0 Å². The quantitative estimate of drug-likeness (QED) is 0.246. The summed E-state index contributed by atoms with van der Waals surface area (Å²) in [5.41, 5.74) is 7.33. The van der Waals surface area contributed by atoms with Gasteiger partial charge in [0.1, 0.15) is 11.8 Å². The summed E-state index contributed by atoms with van der Waals surface area (Å²) in [6.07, 6.45) is 0.342. The topological polar surface area (TPSA) is 176 Å². The van der Waals surface area contributed by atoms with Crippen LogP contribution in [0.4, 0.5) is 16.2 Å². The number of nitrogens with one attached hydrogen (secondary N) is 2. The number of anilines is 2. The fourth-order valence-electron chi connectivity index (χ4n) is 5.52. The average molecular weight is 669 g/mol. The first kappa shape index (κ1) is 34.9. The number of ether oxygens (including phenoxy) is 4. The van der Waals surface area contributed by atoms with E-state index in [-0.39, 0.29) is 16.4 Å². The smallest absolute Gasteiger partial charge is 0.411 e. The molecular formula is C33H40N4O9S. The summed E-state index contributed by atoms with van der Waals surface area (Å²) in [6.45, 7) is 3.50. The van der Waals surface area contributed by atoms with Gasteiger partial charge in [-0.15, -0.1) is 0 Å². The highest BCUT2D eigenvalue weighted by Crippen LogP contribution is 2.41. The molecule has 0 bridgehead atoms. The molecule has 4 rings (SSSR count). The molecule has 2 unspecified atom stereocenters. The molecule has 4 N–H and O–H groups in total. The van der Waals surface area contributed by atoms with Crippen LogP contribution in [0.1, 0.15) is 60.3 Å². The average Bonchev–Trinajstić information content (AvgIpc) is 3.56. The number of methoxy groups -OCH3 is 4. The van der Waals surface area contributed by atoms with Crippen molar-refractivity contribution in [3.63, 3.8) is 0 Å². The van der Waals surface area contributed by atoms with Crippen molar-refractivity contribution in [2.75, 3.05) is 45.6 Å². The van der Waals surface area contributed by atoms with E-state index >= 15 is 0 Å². The highest BCUT2D eigenvalue weighted by Gasteiger charge is 2.38. The van der Waals surface area contributed by atoms with E-state index in [2.05, 4.69) is 10.6 Å². The number of nitrogens with zero attached hydrogens (tertiary/aromatic N) is 1. The Hall–Kier alpha value is -4.98. The van der Waals surface area contributed by atoms with Crippen LogP contribution in [0.3, 0.4) is 0 Å². The van der Waals surface area contributed by atoms with Crippen LogP contribution in [0.15, 0.2) is 59.5 Å². The van der Waals surface area contributed by atoms with Crippen LogP contribution >= 0.6 is 0 Å². The monoisotopic (exact) mass is 668 g/mol. The first-order valence-corrected chi connectivity index (χ1v) is 16.4. The van der Waals surface area contributed by atoms with Crippen molar-refractivity contribution in [3.8, 4) is 17.2 Å². The van der Waals surface area contributed by atoms with Gasteiger partial charge >= 0.3 is 6.09 Å². The minimum atomic E-state index is -3.79. The number of nitrogens with two attached hydrogens (primary N) is 1. The van der Waals surface area contributed by atoms with Gasteiger partial charge in [0, 0.05) is 29.5 Å². The van der Waals surface area contributed by atoms with Crippen LogP contribution in [-0.4, -0.2) is 71.5 Å². The van der Waals surface area contributed by atoms with Gasteiger partial charge in [0.2, 0.25) is 11.8 Å². The Morgan fingerprint density at radius 1 is 0.894 bits per heavy atom. The molecule has 1 fully saturated rings. The summed E-state index contributed by atoms with van der Waals surface area (Å²) in [5, 5.41) is 5.10. The lowest BCUT2D eigenvalue weighted by Gasteiger charge is -2.32. The van der Waals surface area contributed by atoms with Crippen molar-refractivity contribution in [3.05, 3.63) is 71.3 Å². The maximum atomic E-state index is 14.7. The van der Waals surface area contributed by atoms with Gasteiger partial charge in [0.25, 0.3) is 0 Å². The molecule has 3 amide bonds. The zero-order valence-corrected chi connectivity index (χ0v) is 28.0. The van der Waals surface area contributed by atoms with Gasteiger partial charge < -0.3 is 34.9 Å². The number of primary amides is 1. The Morgan fingerprint density at radius 3 is 2.23 bits per heavy atom. The highest BCUT2D eigenvalue weighted by atomic mass is 32.2. The van der Waals surface area contributed by atoms with E-state index in [9.17, 15) is 22.8 Å². The lowest BCUT2D eigenvalue weighted by atomic mass is 10.00. The third kappa shape index (κ3) is 7.54. The number of likely N-dealkylation sites (tertiary alicyclic amines) is 1. The Morgan fingerprint density at radius 2 is 1.62 bits per heavy atom. The lowest BCUT2D eigenvalue weighted by molar-refractivity contribution is -0.133. The number of amides is 3. The van der Waals surface area contributed by atoms with Crippen LogP contribution in [-0.2, 0) is 19.4 Å². The Balaban J connectivity index is 1.85. The number of carbonyl (C=O) groups excluding carboxylic acids is 3. The molecular weight excluding hydrogens is 628 g/mol. The lowest BCUT2D eigenvalue weighted by Crippen LogP contribution is -2.38. The molecule has 1 aliphatic rings. The van der Waals surface area contributed by atoms with Gasteiger partial charge in [-0.3, -0.25) is 14.9 Å². The molecule has 0 aliphatic carbocycles. The molecule has 47 heavy (non-hydrogen) atoms. The largest absolute Gasteiger partial charge is 0.497 e. The molecule has 3 aromatic carbocycles. The van der Waals surface area contributed by atoms with Crippen LogP contribution in [0, 0.1) is 0 Å². The third-order valence-electron chi connectivity index (χ3n) is 7.99. The standard InChI is InChI=1S/C33H40N4O9S/c1-19(2)47(41,42)29-12-10-22(36-33(40)46-6)18-25(29)26-8-7-13-37(26)32(39)30(20-9-11-27(44-4)28(16-20)45-5)35-23-14-21(31(34)38)15-24(17-23)43-3/h9-12,14-19,26,30,35H,7-8,13H2,1-6H3,(H2,34,38)(H,36,40). The van der Waals surface area contributed by atoms with Crippen molar-refractivity contribution in [1.29, 1.82) is 0 Å². The number of benzene rings is 3. The van der Waals surface area contributed by atoms with Crippen LogP contribution in [0.2, 0.25) is 0 Å². The van der Waals surface area contributed by atoms with E-state index in [1.807, 2.05) is 0 Å². The van der Waals surface area contributed by atoms with Crippen molar-refractivity contribution in [2.45, 2.75) is 48.9 Å². The van der Waals surface area contributed by atoms with E-state index in [4.69, 9.17) is 24.7 Å². The molecule has 0 saturated carbocycles. The maximum absolute atomic E-state index is 14.7. The van der Waals surface area contributed by atoms with E-state index in [1.165, 1.54) is 52.7 Å². The Labute approximate surface area is 274 Å². The number of rotatable bonds is 12. The first-order chi connectivity index (χ1) is 22.3. The zero-order chi connectivity index (χ0) is 34.5. The number of hydrogen-bond acceptors (Lipinski definition) is 10. The van der Waals surface area contributed by atoms with Crippen LogP contribution < -0.4 is 30.6 Å². The van der Waals surface area contributed by atoms with Crippen LogP contribution in [0.25, 0.3) is 0 Å². The normalized spacial score (nSPS) is 15.1. The van der Waals surface area contributed by atoms with Gasteiger partial charge in [0.05, 0.1) is 44.6 Å². The first-order valence-electron chi connectivity index (χ1n) is 14.8. The number of carbonyl (C=O) groups is 3. The molecule has 1 saturated heterocycles. The summed E-state index contributed by atoms with van der Waals surface area (Å²) in [4.78, 5) is 40.5. The molecule has 252 valence electrons. The molecule has 1 heterocycles. The minimum absolute atomic E-state index is 0.0714. The van der Waals surface area contributed by atoms with Crippen molar-refractivity contribution in [2.24, 2.45) is 5.73 Å². The molecule has 1 aliphatic heterocycles. The van der Waals surface area contributed by atoms with E-state index in [0.717, 1.165) is 0 Å². The van der Waals surface area contributed by atoms with Crippen molar-refractivity contribution < 1.29 is 41.7 Å². The number of sulfone groups is 1. The predicted molar refractivity (Wildman–Crippen MR) is 176 cm³/mol. The van der Waals surface area contributed by atoms with Crippen molar-refractivity contribution >= 4 is 39.1 Å². The SMILES string of the molecule is COC(=O)Nc1ccc(S(=O)(=O)C(C)C)c(C2CCCN2C(=O)C(Nc2cc(OC)cc(C(N)=O)c2)c2ccc(OC)c(OC)c2)c1. The summed E-state index contributed by atoms with van der Waals surface area (Å²) >= 11 is 0. The van der Waals surface area contributed by atoms with Gasteiger partial charge in [-0.05, 0) is 80.3 Å². The zero-order valence-electron chi connectivity index (χ0n) is 27.2. The van der Waals surface area contributed by atoms with Gasteiger partial charge in [0.15, 0.2) is 21.3 Å². The minimum Gasteiger partial charge on any atom is -0.497 e.